The van der Waals surface area contributed by atoms with Crippen molar-refractivity contribution in [3.8, 4) is 16.2 Å². The van der Waals surface area contributed by atoms with Gasteiger partial charge < -0.3 is 9.47 Å². The molecule has 1 unspecified atom stereocenters. The number of hydrogen-bond donors (Lipinski definition) is 0. The van der Waals surface area contributed by atoms with Crippen molar-refractivity contribution < 1.29 is 27.4 Å². The van der Waals surface area contributed by atoms with Gasteiger partial charge in [0, 0.05) is 39.5 Å². The second-order valence-corrected chi connectivity index (χ2v) is 7.47. The van der Waals surface area contributed by atoms with Crippen LogP contribution in [0.25, 0.3) is 20.5 Å². The Bertz CT molecular complexity index is 986. The Morgan fingerprint density at radius 2 is 2.07 bits per heavy atom. The lowest BCUT2D eigenvalue weighted by Gasteiger charge is -2.19. The van der Waals surface area contributed by atoms with Crippen molar-refractivity contribution in [2.24, 2.45) is 5.92 Å². The summed E-state index contributed by atoms with van der Waals surface area (Å²) in [4.78, 5) is 16.3. The number of benzene rings is 1. The van der Waals surface area contributed by atoms with E-state index in [1.807, 2.05) is 24.3 Å². The predicted molar refractivity (Wildman–Crippen MR) is 106 cm³/mol. The van der Waals surface area contributed by atoms with Crippen molar-refractivity contribution in [2.45, 2.75) is 12.6 Å². The normalized spacial score (nSPS) is 12.5. The molecule has 0 saturated heterocycles. The molecule has 29 heavy (non-hydrogen) atoms. The third-order valence-corrected chi connectivity index (χ3v) is 5.22. The second kappa shape index (κ2) is 9.09. The van der Waals surface area contributed by atoms with E-state index in [0.717, 1.165) is 26.6 Å². The second-order valence-electron chi connectivity index (χ2n) is 6.38. The van der Waals surface area contributed by atoms with Gasteiger partial charge in [0.15, 0.2) is 0 Å². The predicted octanol–water partition coefficient (Wildman–Crippen LogP) is 5.64. The Balaban J connectivity index is 1.70. The van der Waals surface area contributed by atoms with E-state index in [0.29, 0.717) is 5.75 Å². The zero-order valence-electron chi connectivity index (χ0n) is 15.3. The van der Waals surface area contributed by atoms with Crippen LogP contribution in [0.5, 0.6) is 5.75 Å². The highest BCUT2D eigenvalue weighted by Gasteiger charge is 2.33. The number of carbonyl (C=O) groups is 1. The van der Waals surface area contributed by atoms with Crippen molar-refractivity contribution in [2.75, 3.05) is 13.2 Å². The maximum absolute atomic E-state index is 12.8. The van der Waals surface area contributed by atoms with E-state index in [9.17, 15) is 18.0 Å². The first-order valence-electron chi connectivity index (χ1n) is 8.77. The summed E-state index contributed by atoms with van der Waals surface area (Å²) in [6.45, 7) is 2.61. The maximum Gasteiger partial charge on any atom is 0.389 e. The summed E-state index contributed by atoms with van der Waals surface area (Å²) in [6.07, 6.45) is -1.11. The quantitative estimate of drug-likeness (QED) is 0.349. The Labute approximate surface area is 169 Å². The molecule has 3 aromatic rings. The van der Waals surface area contributed by atoms with Gasteiger partial charge in [-0.05, 0) is 35.7 Å². The van der Waals surface area contributed by atoms with Gasteiger partial charge in [-0.3, -0.25) is 4.98 Å². The fraction of sp³-hybridized carbons (Fsp3) is 0.238. The van der Waals surface area contributed by atoms with E-state index in [4.69, 9.17) is 9.47 Å². The van der Waals surface area contributed by atoms with Crippen LogP contribution in [0.1, 0.15) is 6.42 Å². The SMILES string of the molecule is C=CC(=O)OCC(COc1ccc2cc(-c3cccnc3)sc2c1)CC(F)(F)F. The number of aromatic nitrogens is 1. The van der Waals surface area contributed by atoms with Gasteiger partial charge in [0.1, 0.15) is 5.75 Å². The fourth-order valence-electron chi connectivity index (χ4n) is 2.72. The number of rotatable bonds is 8. The highest BCUT2D eigenvalue weighted by Crippen LogP contribution is 2.35. The molecule has 0 spiro atoms. The van der Waals surface area contributed by atoms with Crippen molar-refractivity contribution in [3.63, 3.8) is 0 Å². The molecule has 4 nitrogen and oxygen atoms in total. The Morgan fingerprint density at radius 3 is 2.76 bits per heavy atom. The monoisotopic (exact) mass is 421 g/mol. The highest BCUT2D eigenvalue weighted by atomic mass is 32.1. The van der Waals surface area contributed by atoms with Crippen LogP contribution in [-0.2, 0) is 9.53 Å². The van der Waals surface area contributed by atoms with Crippen LogP contribution in [-0.4, -0.2) is 30.3 Å². The zero-order chi connectivity index (χ0) is 20.9. The molecular weight excluding hydrogens is 403 g/mol. The molecule has 2 heterocycles. The minimum absolute atomic E-state index is 0.226. The third kappa shape index (κ3) is 6.05. The molecule has 152 valence electrons. The lowest BCUT2D eigenvalue weighted by atomic mass is 10.1. The van der Waals surface area contributed by atoms with Crippen LogP contribution in [0.3, 0.4) is 0 Å². The molecule has 0 aliphatic heterocycles. The summed E-state index contributed by atoms with van der Waals surface area (Å²) >= 11 is 1.55. The van der Waals surface area contributed by atoms with Gasteiger partial charge in [-0.1, -0.05) is 12.6 Å². The van der Waals surface area contributed by atoms with Gasteiger partial charge in [0.05, 0.1) is 19.6 Å². The number of fused-ring (bicyclic) bond motifs is 1. The largest absolute Gasteiger partial charge is 0.493 e. The number of alkyl halides is 3. The van der Waals surface area contributed by atoms with Gasteiger partial charge in [-0.2, -0.15) is 13.2 Å². The molecular formula is C21H18F3NO3S. The summed E-state index contributed by atoms with van der Waals surface area (Å²) in [5, 5.41) is 1.01. The van der Waals surface area contributed by atoms with E-state index in [2.05, 4.69) is 11.6 Å². The summed E-state index contributed by atoms with van der Waals surface area (Å²) in [6, 6.07) is 11.2. The number of carbonyl (C=O) groups excluding carboxylic acids is 1. The molecule has 1 atom stereocenters. The van der Waals surface area contributed by atoms with Crippen LogP contribution in [0, 0.1) is 5.92 Å². The molecule has 0 bridgehead atoms. The number of esters is 1. The average Bonchev–Trinajstić information content (AvgIpc) is 3.13. The van der Waals surface area contributed by atoms with Gasteiger partial charge in [0.25, 0.3) is 0 Å². The summed E-state index contributed by atoms with van der Waals surface area (Å²) in [7, 11) is 0. The zero-order valence-corrected chi connectivity index (χ0v) is 16.1. The lowest BCUT2D eigenvalue weighted by Crippen LogP contribution is -2.25. The van der Waals surface area contributed by atoms with Crippen LogP contribution in [0.2, 0.25) is 0 Å². The third-order valence-electron chi connectivity index (χ3n) is 4.07. The number of pyridine rings is 1. The number of thiophene rings is 1. The number of halogens is 3. The number of hydrogen-bond acceptors (Lipinski definition) is 5. The van der Waals surface area contributed by atoms with Gasteiger partial charge in [0.2, 0.25) is 0 Å². The maximum atomic E-state index is 12.8. The molecule has 0 saturated carbocycles. The van der Waals surface area contributed by atoms with E-state index < -0.39 is 31.1 Å². The van der Waals surface area contributed by atoms with E-state index in [1.54, 1.807) is 35.9 Å². The Morgan fingerprint density at radius 1 is 1.24 bits per heavy atom. The average molecular weight is 421 g/mol. The van der Waals surface area contributed by atoms with Crippen molar-refractivity contribution in [1.29, 1.82) is 0 Å². The summed E-state index contributed by atoms with van der Waals surface area (Å²) in [5.74, 6) is -1.32. The summed E-state index contributed by atoms with van der Waals surface area (Å²) in [5.41, 5.74) is 0.991. The fourth-order valence-corrected chi connectivity index (χ4v) is 3.80. The molecule has 0 N–H and O–H groups in total. The summed E-state index contributed by atoms with van der Waals surface area (Å²) < 4.78 is 49.7. The first-order valence-corrected chi connectivity index (χ1v) is 9.58. The molecule has 0 radical (unpaired) electrons. The Kier molecular flexibility index (Phi) is 6.53. The topological polar surface area (TPSA) is 48.4 Å². The van der Waals surface area contributed by atoms with Crippen molar-refractivity contribution in [1.82, 2.24) is 4.98 Å². The van der Waals surface area contributed by atoms with E-state index in [1.165, 1.54) is 0 Å². The molecule has 0 amide bonds. The van der Waals surface area contributed by atoms with Crippen LogP contribution in [0.4, 0.5) is 13.2 Å². The van der Waals surface area contributed by atoms with Crippen molar-refractivity contribution >= 4 is 27.4 Å². The van der Waals surface area contributed by atoms with Gasteiger partial charge >= 0.3 is 12.1 Å². The molecule has 0 aliphatic rings. The molecule has 0 aliphatic carbocycles. The molecule has 3 rings (SSSR count). The van der Waals surface area contributed by atoms with Crippen LogP contribution < -0.4 is 4.74 Å². The standard InChI is InChI=1S/C21H18F3NO3S/c1-2-20(26)28-13-14(10-21(22,23)24)12-27-17-6-5-15-8-18(29-19(15)9-17)16-4-3-7-25-11-16/h2-9,11,14H,1,10,12-13H2. The first-order chi connectivity index (χ1) is 13.8. The van der Waals surface area contributed by atoms with Gasteiger partial charge in [-0.15, -0.1) is 11.3 Å². The van der Waals surface area contributed by atoms with Crippen LogP contribution >= 0.6 is 11.3 Å². The van der Waals surface area contributed by atoms with Crippen molar-refractivity contribution in [3.05, 3.63) is 61.4 Å². The van der Waals surface area contributed by atoms with Gasteiger partial charge in [-0.25, -0.2) is 4.79 Å². The highest BCUT2D eigenvalue weighted by molar-refractivity contribution is 7.22. The molecule has 2 aromatic heterocycles. The first kappa shape index (κ1) is 20.9. The van der Waals surface area contributed by atoms with E-state index in [-0.39, 0.29) is 6.61 Å². The number of ether oxygens (including phenoxy) is 2. The van der Waals surface area contributed by atoms with E-state index >= 15 is 0 Å². The molecule has 1 aromatic carbocycles. The molecule has 0 fully saturated rings. The van der Waals surface area contributed by atoms with Crippen LogP contribution in [0.15, 0.2) is 61.4 Å². The lowest BCUT2D eigenvalue weighted by molar-refractivity contribution is -0.157. The molecule has 8 heteroatoms. The Hall–Kier alpha value is -2.87. The minimum atomic E-state index is -4.38. The smallest absolute Gasteiger partial charge is 0.389 e. The minimum Gasteiger partial charge on any atom is -0.493 e. The number of nitrogens with zero attached hydrogens (tertiary/aromatic N) is 1.